The van der Waals surface area contributed by atoms with Crippen LogP contribution in [0.3, 0.4) is 0 Å². The third-order valence-corrected chi connectivity index (χ3v) is 2.94. The second-order valence-corrected chi connectivity index (χ2v) is 4.20. The summed E-state index contributed by atoms with van der Waals surface area (Å²) < 4.78 is 14.1. The predicted octanol–water partition coefficient (Wildman–Crippen LogP) is 3.28. The average Bonchev–Trinajstić information content (AvgIpc) is 2.37. The van der Waals surface area contributed by atoms with E-state index in [-0.39, 0.29) is 11.9 Å². The minimum Gasteiger partial charge on any atom is -0.362 e. The predicted molar refractivity (Wildman–Crippen MR) is 76.5 cm³/mol. The van der Waals surface area contributed by atoms with E-state index in [1.807, 2.05) is 31.0 Å². The van der Waals surface area contributed by atoms with Crippen LogP contribution in [-0.4, -0.2) is 20.1 Å². The van der Waals surface area contributed by atoms with Crippen LogP contribution in [-0.2, 0) is 0 Å². The van der Waals surface area contributed by atoms with Crippen molar-refractivity contribution >= 4 is 5.69 Å². The van der Waals surface area contributed by atoms with Gasteiger partial charge in [-0.25, -0.2) is 4.39 Å². The number of hydrogen-bond acceptors (Lipinski definition) is 2. The van der Waals surface area contributed by atoms with E-state index in [1.54, 1.807) is 18.2 Å². The summed E-state index contributed by atoms with van der Waals surface area (Å²) in [6.45, 7) is 10.6. The number of rotatable bonds is 7. The van der Waals surface area contributed by atoms with Gasteiger partial charge < -0.3 is 10.2 Å². The van der Waals surface area contributed by atoms with Gasteiger partial charge in [0.1, 0.15) is 5.82 Å². The van der Waals surface area contributed by atoms with Gasteiger partial charge in [-0.1, -0.05) is 18.2 Å². The number of nitrogens with one attached hydrogen (secondary N) is 1. The molecule has 3 heteroatoms. The summed E-state index contributed by atoms with van der Waals surface area (Å²) in [5, 5.41) is 3.09. The summed E-state index contributed by atoms with van der Waals surface area (Å²) in [5.41, 5.74) is 1.53. The molecule has 0 amide bonds. The summed E-state index contributed by atoms with van der Waals surface area (Å²) >= 11 is 0. The van der Waals surface area contributed by atoms with E-state index >= 15 is 0 Å². The maximum atomic E-state index is 14.1. The van der Waals surface area contributed by atoms with E-state index in [9.17, 15) is 4.39 Å². The number of anilines is 1. The molecule has 1 aromatic carbocycles. The van der Waals surface area contributed by atoms with E-state index in [0.717, 1.165) is 5.56 Å². The molecule has 0 aromatic heterocycles. The Bertz CT molecular complexity index is 405. The number of halogens is 1. The molecule has 2 nitrogen and oxygen atoms in total. The zero-order valence-electron chi connectivity index (χ0n) is 11.1. The van der Waals surface area contributed by atoms with Gasteiger partial charge in [-0.2, -0.15) is 0 Å². The molecule has 1 aromatic rings. The van der Waals surface area contributed by atoms with Gasteiger partial charge in [0.05, 0.1) is 5.69 Å². The van der Waals surface area contributed by atoms with Crippen LogP contribution in [0.15, 0.2) is 43.5 Å². The molecule has 0 spiro atoms. The van der Waals surface area contributed by atoms with E-state index in [0.29, 0.717) is 18.8 Å². The Morgan fingerprint density at radius 2 is 1.94 bits per heavy atom. The zero-order valence-corrected chi connectivity index (χ0v) is 11.1. The van der Waals surface area contributed by atoms with Gasteiger partial charge in [0.25, 0.3) is 0 Å². The third-order valence-electron chi connectivity index (χ3n) is 2.94. The SMILES string of the molecule is C=CCN(CC=C)c1ccc(C(C)NC)cc1F. The fraction of sp³-hybridized carbons (Fsp3) is 0.333. The second kappa shape index (κ2) is 6.97. The molecule has 18 heavy (non-hydrogen) atoms. The molecule has 0 bridgehead atoms. The molecular formula is C15H21FN2. The van der Waals surface area contributed by atoms with Crippen LogP contribution in [0.2, 0.25) is 0 Å². The molecule has 0 aliphatic rings. The topological polar surface area (TPSA) is 15.3 Å². The summed E-state index contributed by atoms with van der Waals surface area (Å²) in [5.74, 6) is -0.210. The normalized spacial score (nSPS) is 11.9. The first-order valence-corrected chi connectivity index (χ1v) is 6.07. The Morgan fingerprint density at radius 3 is 2.39 bits per heavy atom. The lowest BCUT2D eigenvalue weighted by molar-refractivity contribution is 0.605. The first-order chi connectivity index (χ1) is 8.63. The Kier molecular flexibility index (Phi) is 5.59. The quantitative estimate of drug-likeness (QED) is 0.745. The van der Waals surface area contributed by atoms with Crippen LogP contribution in [0.5, 0.6) is 0 Å². The molecule has 0 heterocycles. The minimum absolute atomic E-state index is 0.140. The maximum absolute atomic E-state index is 14.1. The highest BCUT2D eigenvalue weighted by Crippen LogP contribution is 2.23. The smallest absolute Gasteiger partial charge is 0.146 e. The second-order valence-electron chi connectivity index (χ2n) is 4.20. The molecule has 0 aliphatic heterocycles. The molecule has 1 unspecified atom stereocenters. The molecule has 0 aliphatic carbocycles. The zero-order chi connectivity index (χ0) is 13.5. The molecule has 1 atom stereocenters. The monoisotopic (exact) mass is 248 g/mol. The van der Waals surface area contributed by atoms with Gasteiger partial charge in [-0.05, 0) is 31.7 Å². The van der Waals surface area contributed by atoms with Crippen molar-refractivity contribution in [2.45, 2.75) is 13.0 Å². The maximum Gasteiger partial charge on any atom is 0.146 e. The Morgan fingerprint density at radius 1 is 1.33 bits per heavy atom. The fourth-order valence-corrected chi connectivity index (χ4v) is 1.80. The summed E-state index contributed by atoms with van der Waals surface area (Å²) in [4.78, 5) is 1.89. The Balaban J connectivity index is 3.01. The summed E-state index contributed by atoms with van der Waals surface area (Å²) in [6.07, 6.45) is 3.51. The van der Waals surface area contributed by atoms with Crippen molar-refractivity contribution in [1.29, 1.82) is 0 Å². The Labute approximate surface area is 109 Å². The highest BCUT2D eigenvalue weighted by atomic mass is 19.1. The van der Waals surface area contributed by atoms with Crippen LogP contribution < -0.4 is 10.2 Å². The van der Waals surface area contributed by atoms with Crippen molar-refractivity contribution in [3.05, 3.63) is 54.9 Å². The molecular weight excluding hydrogens is 227 g/mol. The number of hydrogen-bond donors (Lipinski definition) is 1. The van der Waals surface area contributed by atoms with Gasteiger partial charge in [0, 0.05) is 19.1 Å². The van der Waals surface area contributed by atoms with Crippen molar-refractivity contribution in [2.75, 3.05) is 25.0 Å². The first-order valence-electron chi connectivity index (χ1n) is 6.07. The van der Waals surface area contributed by atoms with Crippen molar-refractivity contribution in [2.24, 2.45) is 0 Å². The van der Waals surface area contributed by atoms with Gasteiger partial charge in [0.15, 0.2) is 0 Å². The van der Waals surface area contributed by atoms with Gasteiger partial charge >= 0.3 is 0 Å². The lowest BCUT2D eigenvalue weighted by atomic mass is 10.1. The fourth-order valence-electron chi connectivity index (χ4n) is 1.80. The third kappa shape index (κ3) is 3.44. The number of nitrogens with zero attached hydrogens (tertiary/aromatic N) is 1. The van der Waals surface area contributed by atoms with E-state index < -0.39 is 0 Å². The van der Waals surface area contributed by atoms with Gasteiger partial charge in [-0.3, -0.25) is 0 Å². The molecule has 0 fully saturated rings. The summed E-state index contributed by atoms with van der Waals surface area (Å²) in [7, 11) is 1.86. The first kappa shape index (κ1) is 14.5. The van der Waals surface area contributed by atoms with Crippen molar-refractivity contribution in [1.82, 2.24) is 5.32 Å². The van der Waals surface area contributed by atoms with Crippen molar-refractivity contribution in [3.8, 4) is 0 Å². The largest absolute Gasteiger partial charge is 0.362 e. The van der Waals surface area contributed by atoms with Crippen molar-refractivity contribution < 1.29 is 4.39 Å². The molecule has 1 rings (SSSR count). The van der Waals surface area contributed by atoms with Gasteiger partial charge in [-0.15, -0.1) is 13.2 Å². The standard InChI is InChI=1S/C15H21FN2/c1-5-9-18(10-6-2)15-8-7-13(11-14(15)16)12(3)17-4/h5-8,11-12,17H,1-2,9-10H2,3-4H3. The summed E-state index contributed by atoms with van der Waals surface area (Å²) in [6, 6.07) is 5.47. The molecule has 98 valence electrons. The molecule has 1 N–H and O–H groups in total. The van der Waals surface area contributed by atoms with Crippen LogP contribution >= 0.6 is 0 Å². The number of benzene rings is 1. The molecule has 0 radical (unpaired) electrons. The molecule has 0 saturated heterocycles. The van der Waals surface area contributed by atoms with Crippen LogP contribution in [0.25, 0.3) is 0 Å². The lowest BCUT2D eigenvalue weighted by Crippen LogP contribution is -2.24. The van der Waals surface area contributed by atoms with Crippen LogP contribution in [0.4, 0.5) is 10.1 Å². The van der Waals surface area contributed by atoms with E-state index in [4.69, 9.17) is 0 Å². The minimum atomic E-state index is -0.210. The lowest BCUT2D eigenvalue weighted by Gasteiger charge is -2.23. The highest BCUT2D eigenvalue weighted by Gasteiger charge is 2.11. The van der Waals surface area contributed by atoms with Crippen molar-refractivity contribution in [3.63, 3.8) is 0 Å². The Hall–Kier alpha value is -1.61. The van der Waals surface area contributed by atoms with Crippen LogP contribution in [0.1, 0.15) is 18.5 Å². The van der Waals surface area contributed by atoms with E-state index in [1.165, 1.54) is 0 Å². The van der Waals surface area contributed by atoms with Gasteiger partial charge in [0.2, 0.25) is 0 Å². The van der Waals surface area contributed by atoms with E-state index in [2.05, 4.69) is 18.5 Å². The average molecular weight is 248 g/mol. The van der Waals surface area contributed by atoms with Crippen LogP contribution in [0, 0.1) is 5.82 Å². The molecule has 0 saturated carbocycles. The highest BCUT2D eigenvalue weighted by molar-refractivity contribution is 5.50.